The topological polar surface area (TPSA) is 57.8 Å². The van der Waals surface area contributed by atoms with Gasteiger partial charge < -0.3 is 10.3 Å². The van der Waals surface area contributed by atoms with Crippen molar-refractivity contribution in [2.75, 3.05) is 6.54 Å². The summed E-state index contributed by atoms with van der Waals surface area (Å²) in [5, 5.41) is 2.69. The van der Waals surface area contributed by atoms with Gasteiger partial charge in [-0.3, -0.25) is 4.79 Å². The zero-order valence-corrected chi connectivity index (χ0v) is 7.21. The third kappa shape index (κ3) is 3.43. The Bertz CT molecular complexity index is 297. The van der Waals surface area contributed by atoms with Crippen LogP contribution in [-0.4, -0.2) is 22.4 Å². The van der Waals surface area contributed by atoms with Gasteiger partial charge in [-0.05, 0) is 0 Å². The van der Waals surface area contributed by atoms with Crippen molar-refractivity contribution < 1.29 is 4.79 Å². The summed E-state index contributed by atoms with van der Waals surface area (Å²) >= 11 is 0. The molecule has 0 aliphatic heterocycles. The number of nitrogens with one attached hydrogen (secondary N) is 2. The fraction of sp³-hybridized carbons (Fsp3) is 0.333. The summed E-state index contributed by atoms with van der Waals surface area (Å²) in [5.41, 5.74) is 1.00. The van der Waals surface area contributed by atoms with E-state index >= 15 is 0 Å². The average Bonchev–Trinajstić information content (AvgIpc) is 2.57. The van der Waals surface area contributed by atoms with Crippen molar-refractivity contribution in [3.05, 3.63) is 18.2 Å². The quantitative estimate of drug-likeness (QED) is 0.640. The second kappa shape index (κ2) is 4.99. The molecular weight excluding hydrogens is 166 g/mol. The van der Waals surface area contributed by atoms with E-state index < -0.39 is 0 Å². The lowest BCUT2D eigenvalue weighted by molar-refractivity contribution is -0.120. The molecule has 1 amide bonds. The first-order valence-electron chi connectivity index (χ1n) is 4.00. The van der Waals surface area contributed by atoms with E-state index in [0.717, 1.165) is 12.1 Å². The van der Waals surface area contributed by atoms with Gasteiger partial charge in [0.25, 0.3) is 0 Å². The number of carbonyl (C=O) groups is 1. The maximum absolute atomic E-state index is 10.9. The summed E-state index contributed by atoms with van der Waals surface area (Å²) < 4.78 is 0. The number of hydrogen-bond donors (Lipinski definition) is 2. The molecule has 0 spiro atoms. The summed E-state index contributed by atoms with van der Waals surface area (Å²) in [6.45, 7) is 0.586. The van der Waals surface area contributed by atoms with E-state index in [9.17, 15) is 4.79 Å². The van der Waals surface area contributed by atoms with Gasteiger partial charge in [-0.1, -0.05) is 5.92 Å². The molecule has 0 aliphatic rings. The van der Waals surface area contributed by atoms with Crippen LogP contribution in [0.1, 0.15) is 12.1 Å². The molecule has 0 atom stereocenters. The van der Waals surface area contributed by atoms with Gasteiger partial charge in [-0.2, -0.15) is 0 Å². The van der Waals surface area contributed by atoms with Crippen molar-refractivity contribution in [2.45, 2.75) is 12.8 Å². The zero-order chi connectivity index (χ0) is 9.52. The summed E-state index contributed by atoms with van der Waals surface area (Å²) in [6, 6.07) is 0. The minimum absolute atomic E-state index is 0.109. The Kier molecular flexibility index (Phi) is 3.58. The van der Waals surface area contributed by atoms with Crippen LogP contribution < -0.4 is 5.32 Å². The number of hydrogen-bond acceptors (Lipinski definition) is 2. The van der Waals surface area contributed by atoms with Crippen molar-refractivity contribution in [1.29, 1.82) is 0 Å². The smallest absolute Gasteiger partial charge is 0.232 e. The van der Waals surface area contributed by atoms with Crippen molar-refractivity contribution in [1.82, 2.24) is 15.3 Å². The summed E-state index contributed by atoms with van der Waals surface area (Å²) in [6.07, 6.45) is 9.20. The van der Waals surface area contributed by atoms with Crippen LogP contribution in [0.15, 0.2) is 12.5 Å². The Morgan fingerprint density at radius 1 is 1.77 bits per heavy atom. The van der Waals surface area contributed by atoms with Crippen LogP contribution in [0, 0.1) is 12.3 Å². The molecule has 0 saturated heterocycles. The zero-order valence-electron chi connectivity index (χ0n) is 7.21. The molecule has 0 unspecified atom stereocenters. The molecule has 0 aromatic carbocycles. The Labute approximate surface area is 76.8 Å². The SMILES string of the molecule is C#CCC(=O)NCCc1cnc[nH]1. The van der Waals surface area contributed by atoms with Crippen LogP contribution >= 0.6 is 0 Å². The second-order valence-corrected chi connectivity index (χ2v) is 2.56. The van der Waals surface area contributed by atoms with Gasteiger partial charge >= 0.3 is 0 Å². The molecule has 13 heavy (non-hydrogen) atoms. The minimum atomic E-state index is -0.109. The lowest BCUT2D eigenvalue weighted by Crippen LogP contribution is -2.24. The van der Waals surface area contributed by atoms with Gasteiger partial charge in [0.15, 0.2) is 0 Å². The number of aromatic nitrogens is 2. The summed E-state index contributed by atoms with van der Waals surface area (Å²) in [5.74, 6) is 2.17. The highest BCUT2D eigenvalue weighted by molar-refractivity contribution is 5.78. The van der Waals surface area contributed by atoms with E-state index in [1.54, 1.807) is 12.5 Å². The van der Waals surface area contributed by atoms with E-state index in [-0.39, 0.29) is 12.3 Å². The van der Waals surface area contributed by atoms with Crippen LogP contribution in [0.2, 0.25) is 0 Å². The van der Waals surface area contributed by atoms with Gasteiger partial charge in [0.1, 0.15) is 0 Å². The lowest BCUT2D eigenvalue weighted by atomic mass is 10.3. The lowest BCUT2D eigenvalue weighted by Gasteiger charge is -2.00. The highest BCUT2D eigenvalue weighted by Gasteiger charge is 1.97. The first-order valence-corrected chi connectivity index (χ1v) is 4.00. The van der Waals surface area contributed by atoms with Gasteiger partial charge in [0.2, 0.25) is 5.91 Å². The molecule has 4 heteroatoms. The van der Waals surface area contributed by atoms with Crippen LogP contribution in [-0.2, 0) is 11.2 Å². The number of imidazole rings is 1. The molecule has 0 bridgehead atoms. The van der Waals surface area contributed by atoms with Crippen molar-refractivity contribution in [3.63, 3.8) is 0 Å². The predicted molar refractivity (Wildman–Crippen MR) is 48.8 cm³/mol. The number of aromatic amines is 1. The van der Waals surface area contributed by atoms with Crippen molar-refractivity contribution >= 4 is 5.91 Å². The Balaban J connectivity index is 2.15. The highest BCUT2D eigenvalue weighted by atomic mass is 16.1. The molecule has 0 radical (unpaired) electrons. The van der Waals surface area contributed by atoms with Gasteiger partial charge in [-0.25, -0.2) is 4.98 Å². The average molecular weight is 177 g/mol. The standard InChI is InChI=1S/C9H11N3O/c1-2-3-9(13)11-5-4-8-6-10-7-12-8/h1,6-7H,3-5H2,(H,10,12)(H,11,13). The van der Waals surface area contributed by atoms with Crippen molar-refractivity contribution in [2.24, 2.45) is 0 Å². The molecule has 1 heterocycles. The molecule has 4 nitrogen and oxygen atoms in total. The third-order valence-electron chi connectivity index (χ3n) is 1.53. The predicted octanol–water partition coefficient (Wildman–Crippen LogP) is 0.0917. The number of terminal acetylenes is 1. The fourth-order valence-electron chi connectivity index (χ4n) is 0.913. The number of carbonyl (C=O) groups excluding carboxylic acids is 1. The molecule has 0 saturated carbocycles. The van der Waals surface area contributed by atoms with E-state index in [2.05, 4.69) is 21.2 Å². The van der Waals surface area contributed by atoms with E-state index in [1.165, 1.54) is 0 Å². The maximum Gasteiger partial charge on any atom is 0.232 e. The van der Waals surface area contributed by atoms with Crippen LogP contribution in [0.5, 0.6) is 0 Å². The normalized spacial score (nSPS) is 9.15. The van der Waals surface area contributed by atoms with Crippen LogP contribution in [0.3, 0.4) is 0 Å². The van der Waals surface area contributed by atoms with E-state index in [1.807, 2.05) is 0 Å². The van der Waals surface area contributed by atoms with E-state index in [0.29, 0.717) is 6.54 Å². The van der Waals surface area contributed by atoms with Crippen molar-refractivity contribution in [3.8, 4) is 12.3 Å². The molecule has 68 valence electrons. The molecule has 1 aromatic rings. The molecular formula is C9H11N3O. The Morgan fingerprint density at radius 2 is 2.62 bits per heavy atom. The fourth-order valence-corrected chi connectivity index (χ4v) is 0.913. The van der Waals surface area contributed by atoms with Crippen LogP contribution in [0.4, 0.5) is 0 Å². The first-order chi connectivity index (χ1) is 6.33. The Hall–Kier alpha value is -1.76. The molecule has 0 aliphatic carbocycles. The highest BCUT2D eigenvalue weighted by Crippen LogP contribution is 1.90. The number of rotatable bonds is 4. The third-order valence-corrected chi connectivity index (χ3v) is 1.53. The second-order valence-electron chi connectivity index (χ2n) is 2.56. The van der Waals surface area contributed by atoms with E-state index in [4.69, 9.17) is 6.42 Å². The largest absolute Gasteiger partial charge is 0.355 e. The number of amides is 1. The van der Waals surface area contributed by atoms with Gasteiger partial charge in [-0.15, -0.1) is 6.42 Å². The number of nitrogens with zero attached hydrogens (tertiary/aromatic N) is 1. The van der Waals surface area contributed by atoms with Crippen LogP contribution in [0.25, 0.3) is 0 Å². The first kappa shape index (κ1) is 9.33. The Morgan fingerprint density at radius 3 is 3.23 bits per heavy atom. The monoisotopic (exact) mass is 177 g/mol. The molecule has 2 N–H and O–H groups in total. The summed E-state index contributed by atoms with van der Waals surface area (Å²) in [4.78, 5) is 17.7. The number of H-pyrrole nitrogens is 1. The molecule has 1 aromatic heterocycles. The maximum atomic E-state index is 10.9. The molecule has 1 rings (SSSR count). The van der Waals surface area contributed by atoms with Gasteiger partial charge in [0, 0.05) is 24.9 Å². The van der Waals surface area contributed by atoms with Gasteiger partial charge in [0.05, 0.1) is 12.7 Å². The summed E-state index contributed by atoms with van der Waals surface area (Å²) in [7, 11) is 0. The minimum Gasteiger partial charge on any atom is -0.355 e. The molecule has 0 fully saturated rings.